The molecular formula is C22H13BrS. The minimum absolute atomic E-state index is 1.11. The number of halogens is 1. The van der Waals surface area contributed by atoms with E-state index in [1.807, 2.05) is 11.8 Å². The number of hydrogen-bond donors (Lipinski definition) is 0. The van der Waals surface area contributed by atoms with Gasteiger partial charge in [-0.2, -0.15) is 0 Å². The molecule has 0 aromatic heterocycles. The molecule has 5 rings (SSSR count). The highest BCUT2D eigenvalue weighted by Crippen LogP contribution is 2.48. The van der Waals surface area contributed by atoms with Crippen molar-refractivity contribution < 1.29 is 0 Å². The molecule has 0 radical (unpaired) electrons. The van der Waals surface area contributed by atoms with Gasteiger partial charge in [0.25, 0.3) is 0 Å². The number of hydrogen-bond acceptors (Lipinski definition) is 1. The third-order valence-corrected chi connectivity index (χ3v) is 6.14. The van der Waals surface area contributed by atoms with Crippen molar-refractivity contribution in [1.29, 1.82) is 0 Å². The van der Waals surface area contributed by atoms with Crippen molar-refractivity contribution in [2.45, 2.75) is 9.79 Å². The molecule has 1 aliphatic rings. The van der Waals surface area contributed by atoms with Gasteiger partial charge in [0.2, 0.25) is 0 Å². The van der Waals surface area contributed by atoms with Crippen LogP contribution < -0.4 is 0 Å². The van der Waals surface area contributed by atoms with Crippen molar-refractivity contribution in [2.75, 3.05) is 0 Å². The molecular weight excluding hydrogens is 376 g/mol. The van der Waals surface area contributed by atoms with Crippen molar-refractivity contribution in [3.8, 4) is 22.3 Å². The van der Waals surface area contributed by atoms with E-state index in [2.05, 4.69) is 94.8 Å². The van der Waals surface area contributed by atoms with Crippen LogP contribution >= 0.6 is 27.7 Å². The van der Waals surface area contributed by atoms with Gasteiger partial charge in [-0.25, -0.2) is 0 Å². The molecule has 1 heterocycles. The lowest BCUT2D eigenvalue weighted by atomic mass is 9.94. The predicted octanol–water partition coefficient (Wildman–Crippen LogP) is 7.40. The molecule has 114 valence electrons. The number of fused-ring (bicyclic) bond motifs is 2. The van der Waals surface area contributed by atoms with Gasteiger partial charge < -0.3 is 0 Å². The van der Waals surface area contributed by atoms with Crippen molar-refractivity contribution in [1.82, 2.24) is 0 Å². The Hall–Kier alpha value is -2.03. The van der Waals surface area contributed by atoms with Gasteiger partial charge in [-0.1, -0.05) is 76.2 Å². The minimum atomic E-state index is 1.11. The molecule has 4 aromatic carbocycles. The molecule has 0 bridgehead atoms. The van der Waals surface area contributed by atoms with E-state index in [0.29, 0.717) is 0 Å². The van der Waals surface area contributed by atoms with Gasteiger partial charge in [0.1, 0.15) is 0 Å². The fourth-order valence-electron chi connectivity index (χ4n) is 3.41. The Bertz CT molecular complexity index is 1090. The van der Waals surface area contributed by atoms with Crippen molar-refractivity contribution in [3.63, 3.8) is 0 Å². The molecule has 0 unspecified atom stereocenters. The average Bonchev–Trinajstić information content (AvgIpc) is 2.62. The fourth-order valence-corrected chi connectivity index (χ4v) is 4.94. The van der Waals surface area contributed by atoms with E-state index in [9.17, 15) is 0 Å². The highest BCUT2D eigenvalue weighted by molar-refractivity contribution is 9.10. The maximum atomic E-state index is 3.58. The largest absolute Gasteiger partial charge is 0.0888 e. The summed E-state index contributed by atoms with van der Waals surface area (Å²) in [6, 6.07) is 28.5. The maximum Gasteiger partial charge on any atom is 0.0207 e. The maximum absolute atomic E-state index is 3.58. The molecule has 4 aromatic rings. The lowest BCUT2D eigenvalue weighted by molar-refractivity contribution is 1.39. The molecule has 1 aliphatic heterocycles. The summed E-state index contributed by atoms with van der Waals surface area (Å²) in [6.45, 7) is 0. The molecule has 0 fully saturated rings. The van der Waals surface area contributed by atoms with Crippen LogP contribution in [0.2, 0.25) is 0 Å². The number of rotatable bonds is 1. The fraction of sp³-hybridized carbons (Fsp3) is 0. The summed E-state index contributed by atoms with van der Waals surface area (Å²) in [7, 11) is 0. The van der Waals surface area contributed by atoms with E-state index in [4.69, 9.17) is 0 Å². The van der Waals surface area contributed by atoms with Crippen LogP contribution in [0.25, 0.3) is 33.0 Å². The standard InChI is InChI=1S/C22H13BrS/c23-17-7-1-6-15(12-17)16-10-11-20-19(13-16)18-8-2-4-14-5-3-9-21(24-20)22(14)18/h1-13H. The van der Waals surface area contributed by atoms with Gasteiger partial charge in [0.05, 0.1) is 0 Å². The molecule has 0 spiro atoms. The first-order chi connectivity index (χ1) is 11.8. The third kappa shape index (κ3) is 2.21. The second-order valence-corrected chi connectivity index (χ2v) is 7.98. The van der Waals surface area contributed by atoms with Crippen molar-refractivity contribution in [2.24, 2.45) is 0 Å². The topological polar surface area (TPSA) is 0 Å². The molecule has 0 aliphatic carbocycles. The predicted molar refractivity (Wildman–Crippen MR) is 107 cm³/mol. The summed E-state index contributed by atoms with van der Waals surface area (Å²) < 4.78 is 1.11. The van der Waals surface area contributed by atoms with Crippen molar-refractivity contribution >= 4 is 38.5 Å². The average molecular weight is 389 g/mol. The molecule has 0 atom stereocenters. The van der Waals surface area contributed by atoms with Crippen LogP contribution in [-0.4, -0.2) is 0 Å². The monoisotopic (exact) mass is 388 g/mol. The van der Waals surface area contributed by atoms with E-state index < -0.39 is 0 Å². The third-order valence-electron chi connectivity index (χ3n) is 4.51. The van der Waals surface area contributed by atoms with Gasteiger partial charge in [0, 0.05) is 19.6 Å². The van der Waals surface area contributed by atoms with Crippen LogP contribution in [0.1, 0.15) is 0 Å². The summed E-state index contributed by atoms with van der Waals surface area (Å²) in [5, 5.41) is 2.69. The summed E-state index contributed by atoms with van der Waals surface area (Å²) in [4.78, 5) is 2.69. The summed E-state index contributed by atoms with van der Waals surface area (Å²) in [6.07, 6.45) is 0. The van der Waals surface area contributed by atoms with Gasteiger partial charge >= 0.3 is 0 Å². The second kappa shape index (κ2) is 5.51. The first-order valence-corrected chi connectivity index (χ1v) is 9.50. The van der Waals surface area contributed by atoms with E-state index in [1.54, 1.807) is 0 Å². The summed E-state index contributed by atoms with van der Waals surface area (Å²) >= 11 is 5.45. The second-order valence-electron chi connectivity index (χ2n) is 5.98. The Balaban J connectivity index is 1.77. The summed E-state index contributed by atoms with van der Waals surface area (Å²) in [5.41, 5.74) is 5.17. The molecule has 0 saturated carbocycles. The Labute approximate surface area is 153 Å². The zero-order chi connectivity index (χ0) is 16.1. The van der Waals surface area contributed by atoms with Crippen LogP contribution in [0.5, 0.6) is 0 Å². The Kier molecular flexibility index (Phi) is 3.29. The van der Waals surface area contributed by atoms with E-state index in [0.717, 1.165) is 4.47 Å². The number of benzene rings is 4. The van der Waals surface area contributed by atoms with Gasteiger partial charge in [0.15, 0.2) is 0 Å². The van der Waals surface area contributed by atoms with E-state index in [1.165, 1.54) is 42.8 Å². The smallest absolute Gasteiger partial charge is 0.0207 e. The highest BCUT2D eigenvalue weighted by atomic mass is 79.9. The minimum Gasteiger partial charge on any atom is -0.0888 e. The van der Waals surface area contributed by atoms with Crippen molar-refractivity contribution in [3.05, 3.63) is 83.3 Å². The molecule has 2 heteroatoms. The molecule has 24 heavy (non-hydrogen) atoms. The SMILES string of the molecule is Brc1cccc(-c2ccc3c(c2)-c2cccc4cccc(c24)S3)c1. The Morgan fingerprint density at radius 3 is 2.29 bits per heavy atom. The quantitative estimate of drug-likeness (QED) is 0.288. The molecule has 0 saturated heterocycles. The highest BCUT2D eigenvalue weighted by Gasteiger charge is 2.19. The van der Waals surface area contributed by atoms with Crippen LogP contribution in [-0.2, 0) is 0 Å². The first kappa shape index (κ1) is 14.3. The zero-order valence-electron chi connectivity index (χ0n) is 12.8. The zero-order valence-corrected chi connectivity index (χ0v) is 15.2. The molecule has 0 nitrogen and oxygen atoms in total. The lowest BCUT2D eigenvalue weighted by Crippen LogP contribution is -1.93. The Morgan fingerprint density at radius 2 is 1.42 bits per heavy atom. The normalized spacial score (nSPS) is 12.2. The lowest BCUT2D eigenvalue weighted by Gasteiger charge is -2.21. The van der Waals surface area contributed by atoms with Crippen LogP contribution in [0, 0.1) is 0 Å². The van der Waals surface area contributed by atoms with E-state index in [-0.39, 0.29) is 0 Å². The van der Waals surface area contributed by atoms with Crippen LogP contribution in [0.3, 0.4) is 0 Å². The van der Waals surface area contributed by atoms with Crippen LogP contribution in [0.15, 0.2) is 93.1 Å². The van der Waals surface area contributed by atoms with Gasteiger partial charge in [-0.3, -0.25) is 0 Å². The van der Waals surface area contributed by atoms with E-state index >= 15 is 0 Å². The van der Waals surface area contributed by atoms with Gasteiger partial charge in [-0.15, -0.1) is 0 Å². The summed E-state index contributed by atoms with van der Waals surface area (Å²) in [5.74, 6) is 0. The van der Waals surface area contributed by atoms with Crippen LogP contribution in [0.4, 0.5) is 0 Å². The molecule has 0 amide bonds. The first-order valence-electron chi connectivity index (χ1n) is 7.89. The Morgan fingerprint density at radius 1 is 0.625 bits per heavy atom. The molecule has 0 N–H and O–H groups in total. The van der Waals surface area contributed by atoms with Gasteiger partial charge in [-0.05, 0) is 58.0 Å².